The summed E-state index contributed by atoms with van der Waals surface area (Å²) in [5.74, 6) is 0.243. The molecule has 1 N–H and O–H groups in total. The summed E-state index contributed by atoms with van der Waals surface area (Å²) in [6, 6.07) is 11.9. The Hall–Kier alpha value is -2.47. The quantitative estimate of drug-likeness (QED) is 0.769. The van der Waals surface area contributed by atoms with Crippen molar-refractivity contribution in [2.45, 2.75) is 12.8 Å². The molecular weight excluding hydrogens is 315 g/mol. The molecule has 118 valence electrons. The number of anilines is 1. The first-order chi connectivity index (χ1) is 11.2. The zero-order valence-corrected chi connectivity index (χ0v) is 13.3. The summed E-state index contributed by atoms with van der Waals surface area (Å²) >= 11 is 1.40. The number of carbonyl (C=O) groups is 1. The van der Waals surface area contributed by atoms with Crippen LogP contribution in [0.15, 0.2) is 42.5 Å². The van der Waals surface area contributed by atoms with Crippen LogP contribution in [0.2, 0.25) is 0 Å². The molecule has 0 aliphatic rings. The SMILES string of the molecule is COc1cccc2sc(NC(=O)CCc3cccc(F)c3)nc12. The molecule has 1 aromatic heterocycles. The monoisotopic (exact) mass is 330 g/mol. The summed E-state index contributed by atoms with van der Waals surface area (Å²) in [7, 11) is 1.59. The van der Waals surface area contributed by atoms with E-state index in [1.165, 1.54) is 23.5 Å². The van der Waals surface area contributed by atoms with E-state index in [9.17, 15) is 9.18 Å². The molecule has 0 saturated carbocycles. The summed E-state index contributed by atoms with van der Waals surface area (Å²) in [6.07, 6.45) is 0.758. The minimum absolute atomic E-state index is 0.146. The maximum Gasteiger partial charge on any atom is 0.226 e. The number of para-hydroxylation sites is 1. The fraction of sp³-hybridized carbons (Fsp3) is 0.176. The van der Waals surface area contributed by atoms with Crippen LogP contribution in [0.25, 0.3) is 10.2 Å². The highest BCUT2D eigenvalue weighted by atomic mass is 32.1. The van der Waals surface area contributed by atoms with Crippen LogP contribution in [0.3, 0.4) is 0 Å². The van der Waals surface area contributed by atoms with Crippen LogP contribution in [0.5, 0.6) is 5.75 Å². The summed E-state index contributed by atoms with van der Waals surface area (Å²) in [5, 5.41) is 3.32. The molecule has 6 heteroatoms. The van der Waals surface area contributed by atoms with Gasteiger partial charge < -0.3 is 10.1 Å². The number of fused-ring (bicyclic) bond motifs is 1. The van der Waals surface area contributed by atoms with Gasteiger partial charge in [-0.05, 0) is 36.2 Å². The molecule has 0 fully saturated rings. The second kappa shape index (κ2) is 6.75. The van der Waals surface area contributed by atoms with Crippen molar-refractivity contribution in [3.8, 4) is 5.75 Å². The Balaban J connectivity index is 1.66. The Morgan fingerprint density at radius 3 is 2.91 bits per heavy atom. The minimum Gasteiger partial charge on any atom is -0.494 e. The van der Waals surface area contributed by atoms with Crippen molar-refractivity contribution >= 4 is 32.6 Å². The van der Waals surface area contributed by atoms with E-state index in [0.29, 0.717) is 17.3 Å². The molecule has 23 heavy (non-hydrogen) atoms. The molecule has 0 atom stereocenters. The first kappa shape index (κ1) is 15.4. The number of hydrogen-bond donors (Lipinski definition) is 1. The van der Waals surface area contributed by atoms with Gasteiger partial charge in [0.05, 0.1) is 11.8 Å². The lowest BCUT2D eigenvalue weighted by Gasteiger charge is -2.02. The van der Waals surface area contributed by atoms with Gasteiger partial charge in [-0.2, -0.15) is 0 Å². The van der Waals surface area contributed by atoms with Crippen LogP contribution in [-0.2, 0) is 11.2 Å². The van der Waals surface area contributed by atoms with Gasteiger partial charge in [0.2, 0.25) is 5.91 Å². The Labute approximate surface area is 136 Å². The molecule has 0 saturated heterocycles. The largest absolute Gasteiger partial charge is 0.494 e. The maximum absolute atomic E-state index is 13.1. The highest BCUT2D eigenvalue weighted by Crippen LogP contribution is 2.32. The standard InChI is InChI=1S/C17H15FN2O2S/c1-22-13-6-3-7-14-16(13)20-17(23-14)19-15(21)9-8-11-4-2-5-12(18)10-11/h2-7,10H,8-9H2,1H3,(H,19,20,21). The molecule has 3 rings (SSSR count). The van der Waals surface area contributed by atoms with Crippen molar-refractivity contribution in [3.05, 3.63) is 53.8 Å². The average molecular weight is 330 g/mol. The van der Waals surface area contributed by atoms with E-state index in [-0.39, 0.29) is 18.1 Å². The predicted molar refractivity (Wildman–Crippen MR) is 89.5 cm³/mol. The van der Waals surface area contributed by atoms with Crippen LogP contribution in [-0.4, -0.2) is 18.0 Å². The van der Waals surface area contributed by atoms with E-state index in [1.807, 2.05) is 18.2 Å². The molecule has 0 unspecified atom stereocenters. The van der Waals surface area contributed by atoms with Gasteiger partial charge in [0.25, 0.3) is 0 Å². The summed E-state index contributed by atoms with van der Waals surface area (Å²) in [5.41, 5.74) is 1.53. The number of hydrogen-bond acceptors (Lipinski definition) is 4. The molecule has 1 amide bonds. The molecule has 2 aromatic carbocycles. The fourth-order valence-electron chi connectivity index (χ4n) is 2.27. The van der Waals surface area contributed by atoms with Gasteiger partial charge in [-0.1, -0.05) is 29.5 Å². The van der Waals surface area contributed by atoms with Crippen molar-refractivity contribution in [2.75, 3.05) is 12.4 Å². The zero-order chi connectivity index (χ0) is 16.2. The molecule has 0 bridgehead atoms. The second-order valence-corrected chi connectivity index (χ2v) is 6.03. The van der Waals surface area contributed by atoms with Crippen molar-refractivity contribution in [2.24, 2.45) is 0 Å². The molecule has 0 aliphatic heterocycles. The van der Waals surface area contributed by atoms with Crippen LogP contribution in [0, 0.1) is 5.82 Å². The smallest absolute Gasteiger partial charge is 0.226 e. The van der Waals surface area contributed by atoms with Gasteiger partial charge in [-0.25, -0.2) is 9.37 Å². The Kier molecular flexibility index (Phi) is 4.52. The van der Waals surface area contributed by atoms with Crippen LogP contribution in [0.4, 0.5) is 9.52 Å². The number of nitrogens with one attached hydrogen (secondary N) is 1. The first-order valence-corrected chi connectivity index (χ1v) is 7.95. The predicted octanol–water partition coefficient (Wildman–Crippen LogP) is 4.02. The molecule has 1 heterocycles. The number of nitrogens with zero attached hydrogens (tertiary/aromatic N) is 1. The molecule has 0 radical (unpaired) electrons. The first-order valence-electron chi connectivity index (χ1n) is 7.13. The van der Waals surface area contributed by atoms with E-state index in [1.54, 1.807) is 19.2 Å². The molecule has 0 aliphatic carbocycles. The lowest BCUT2D eigenvalue weighted by molar-refractivity contribution is -0.116. The van der Waals surface area contributed by atoms with E-state index in [4.69, 9.17) is 4.74 Å². The number of amides is 1. The van der Waals surface area contributed by atoms with Crippen LogP contribution < -0.4 is 10.1 Å². The molecule has 4 nitrogen and oxygen atoms in total. The lowest BCUT2D eigenvalue weighted by atomic mass is 10.1. The number of carbonyl (C=O) groups excluding carboxylic acids is 1. The Morgan fingerprint density at radius 2 is 2.13 bits per heavy atom. The normalized spacial score (nSPS) is 10.7. The fourth-order valence-corrected chi connectivity index (χ4v) is 3.17. The zero-order valence-electron chi connectivity index (χ0n) is 12.5. The minimum atomic E-state index is -0.291. The van der Waals surface area contributed by atoms with Crippen LogP contribution in [0.1, 0.15) is 12.0 Å². The van der Waals surface area contributed by atoms with Gasteiger partial charge in [-0.15, -0.1) is 0 Å². The third kappa shape index (κ3) is 3.65. The highest BCUT2D eigenvalue weighted by Gasteiger charge is 2.11. The molecule has 0 spiro atoms. The number of methoxy groups -OCH3 is 1. The van der Waals surface area contributed by atoms with Gasteiger partial charge in [0, 0.05) is 6.42 Å². The van der Waals surface area contributed by atoms with Gasteiger partial charge in [-0.3, -0.25) is 4.79 Å². The van der Waals surface area contributed by atoms with E-state index in [2.05, 4.69) is 10.3 Å². The highest BCUT2D eigenvalue weighted by molar-refractivity contribution is 7.22. The Morgan fingerprint density at radius 1 is 1.30 bits per heavy atom. The van der Waals surface area contributed by atoms with Crippen molar-refractivity contribution in [1.29, 1.82) is 0 Å². The van der Waals surface area contributed by atoms with Crippen molar-refractivity contribution < 1.29 is 13.9 Å². The van der Waals surface area contributed by atoms with Gasteiger partial charge in [0.1, 0.15) is 17.1 Å². The summed E-state index contributed by atoms with van der Waals surface area (Å²) in [6.45, 7) is 0. The van der Waals surface area contributed by atoms with E-state index in [0.717, 1.165) is 15.8 Å². The summed E-state index contributed by atoms with van der Waals surface area (Å²) < 4.78 is 19.3. The number of aromatic nitrogens is 1. The van der Waals surface area contributed by atoms with Crippen molar-refractivity contribution in [3.63, 3.8) is 0 Å². The van der Waals surface area contributed by atoms with E-state index < -0.39 is 0 Å². The maximum atomic E-state index is 13.1. The third-order valence-electron chi connectivity index (χ3n) is 3.38. The number of thiazole rings is 1. The summed E-state index contributed by atoms with van der Waals surface area (Å²) in [4.78, 5) is 16.4. The molecular formula is C17H15FN2O2S. The Bertz CT molecular complexity index is 847. The number of benzene rings is 2. The van der Waals surface area contributed by atoms with Crippen molar-refractivity contribution in [1.82, 2.24) is 4.98 Å². The second-order valence-electron chi connectivity index (χ2n) is 5.00. The van der Waals surface area contributed by atoms with Crippen LogP contribution >= 0.6 is 11.3 Å². The average Bonchev–Trinajstić information content (AvgIpc) is 2.95. The van der Waals surface area contributed by atoms with Gasteiger partial charge >= 0.3 is 0 Å². The number of aryl methyl sites for hydroxylation is 1. The number of ether oxygens (including phenoxy) is 1. The lowest BCUT2D eigenvalue weighted by Crippen LogP contribution is -2.12. The number of halogens is 1. The molecule has 3 aromatic rings. The van der Waals surface area contributed by atoms with Gasteiger partial charge in [0.15, 0.2) is 5.13 Å². The number of rotatable bonds is 5. The van der Waals surface area contributed by atoms with E-state index >= 15 is 0 Å². The topological polar surface area (TPSA) is 51.2 Å². The third-order valence-corrected chi connectivity index (χ3v) is 4.31.